The van der Waals surface area contributed by atoms with E-state index >= 15 is 8.78 Å². The molecule has 1 N–H and O–H groups in total. The Morgan fingerprint density at radius 1 is 0.965 bits per heavy atom. The number of fused-ring (bicyclic) bond motifs is 4. The van der Waals surface area contributed by atoms with Gasteiger partial charge in [-0.2, -0.15) is 36.3 Å². The highest BCUT2D eigenvalue weighted by Gasteiger charge is 2.69. The number of hydrogen-bond acceptors (Lipinski definition) is 8. The summed E-state index contributed by atoms with van der Waals surface area (Å²) in [6, 6.07) is 7.30. The molecule has 4 aliphatic heterocycles. The van der Waals surface area contributed by atoms with Crippen LogP contribution in [0, 0.1) is 24.0 Å². The number of terminal acetylenes is 1. The molecule has 0 bridgehead atoms. The van der Waals surface area contributed by atoms with Crippen molar-refractivity contribution in [3.05, 3.63) is 53.2 Å². The Bertz CT molecular complexity index is 2230. The van der Waals surface area contributed by atoms with Gasteiger partial charge in [0.15, 0.2) is 5.82 Å². The number of nitrogens with one attached hydrogen (secondary N) is 1. The second kappa shape index (κ2) is 14.5. The number of aryl methyl sites for hydroxylation is 1. The zero-order valence-corrected chi connectivity index (χ0v) is 31.5. The number of benzene rings is 2. The highest BCUT2D eigenvalue weighted by molar-refractivity contribution is 6.02. The summed E-state index contributed by atoms with van der Waals surface area (Å²) < 4.78 is 125. The van der Waals surface area contributed by atoms with Crippen molar-refractivity contribution >= 4 is 27.5 Å². The molecule has 16 heteroatoms. The number of rotatable bonds is 8. The third-order valence-electron chi connectivity index (χ3n) is 12.6. The van der Waals surface area contributed by atoms with Crippen molar-refractivity contribution in [2.45, 2.75) is 107 Å². The first-order chi connectivity index (χ1) is 27.1. The molecule has 6 heterocycles. The highest BCUT2D eigenvalue weighted by Crippen LogP contribution is 2.48. The van der Waals surface area contributed by atoms with Crippen LogP contribution in [0.25, 0.3) is 32.9 Å². The minimum Gasteiger partial charge on any atom is -0.461 e. The van der Waals surface area contributed by atoms with Gasteiger partial charge >= 0.3 is 18.4 Å². The van der Waals surface area contributed by atoms with Crippen LogP contribution >= 0.6 is 0 Å². The minimum atomic E-state index is -5.67. The van der Waals surface area contributed by atoms with E-state index in [0.717, 1.165) is 19.3 Å². The molecule has 0 aliphatic carbocycles. The van der Waals surface area contributed by atoms with E-state index in [2.05, 4.69) is 28.0 Å². The van der Waals surface area contributed by atoms with Crippen molar-refractivity contribution in [3.8, 4) is 29.6 Å². The summed E-state index contributed by atoms with van der Waals surface area (Å²) in [5, 5.41) is 4.99. The molecular weight excluding hydrogens is 760 g/mol. The molecule has 304 valence electrons. The quantitative estimate of drug-likeness (QED) is 0.141. The molecule has 4 aliphatic rings. The topological polar surface area (TPSA) is 75.6 Å². The second-order valence-electron chi connectivity index (χ2n) is 15.7. The third-order valence-corrected chi connectivity index (χ3v) is 12.6. The number of hydrogen-bond donors (Lipinski definition) is 1. The number of pyridine rings is 1. The average molecular weight is 803 g/mol. The first kappa shape index (κ1) is 39.5. The predicted molar refractivity (Wildman–Crippen MR) is 198 cm³/mol. The van der Waals surface area contributed by atoms with Crippen molar-refractivity contribution in [1.29, 1.82) is 0 Å². The normalized spacial score (nSPS) is 24.3. The molecule has 0 unspecified atom stereocenters. The van der Waals surface area contributed by atoms with Crippen molar-refractivity contribution in [2.75, 3.05) is 37.7 Å². The number of anilines is 1. The maximum Gasteiger partial charge on any atom is 0.426 e. The summed E-state index contributed by atoms with van der Waals surface area (Å²) in [6.07, 6.45) is -0.760. The van der Waals surface area contributed by atoms with Gasteiger partial charge < -0.3 is 19.7 Å². The second-order valence-corrected chi connectivity index (χ2v) is 15.7. The lowest BCUT2D eigenvalue weighted by Crippen LogP contribution is -2.58. The van der Waals surface area contributed by atoms with Crippen LogP contribution in [0.1, 0.15) is 70.1 Å². The summed E-state index contributed by atoms with van der Waals surface area (Å²) in [6.45, 7) is 2.95. The number of halogens is 8. The zero-order valence-electron chi connectivity index (χ0n) is 31.5. The van der Waals surface area contributed by atoms with Gasteiger partial charge in [0.05, 0.1) is 28.8 Å². The number of piperazine rings is 1. The minimum absolute atomic E-state index is 0.0136. The number of aromatic nitrogens is 3. The first-order valence-electron chi connectivity index (χ1n) is 19.4. The van der Waals surface area contributed by atoms with E-state index in [-0.39, 0.29) is 54.8 Å². The van der Waals surface area contributed by atoms with Gasteiger partial charge in [-0.15, -0.1) is 6.42 Å². The molecule has 0 saturated carbocycles. The lowest BCUT2D eigenvalue weighted by molar-refractivity contribution is -0.375. The smallest absolute Gasteiger partial charge is 0.426 e. The molecule has 8 nitrogen and oxygen atoms in total. The summed E-state index contributed by atoms with van der Waals surface area (Å²) in [5.74, 6) is 1.50. The fraction of sp³-hybridized carbons (Fsp3) is 0.537. The highest BCUT2D eigenvalue weighted by atomic mass is 19.4. The van der Waals surface area contributed by atoms with Crippen molar-refractivity contribution in [1.82, 2.24) is 25.2 Å². The molecule has 2 aromatic carbocycles. The molecule has 0 spiro atoms. The number of nitrogens with zero attached hydrogens (tertiary/aromatic N) is 5. The number of ether oxygens (including phenoxy) is 2. The summed E-state index contributed by atoms with van der Waals surface area (Å²) in [5.41, 5.74) is -4.27. The van der Waals surface area contributed by atoms with Gasteiger partial charge in [-0.1, -0.05) is 37.1 Å². The van der Waals surface area contributed by atoms with E-state index in [1.54, 1.807) is 24.3 Å². The van der Waals surface area contributed by atoms with Crippen LogP contribution in [-0.4, -0.2) is 94.3 Å². The van der Waals surface area contributed by atoms with Crippen LogP contribution in [0.2, 0.25) is 0 Å². The first-order valence-corrected chi connectivity index (χ1v) is 19.4. The van der Waals surface area contributed by atoms with Crippen LogP contribution < -0.4 is 15.0 Å². The standard InChI is InChI=1S/C41H42F8N6O2/c1-4-25-27(42)14-13-23-9-6-10-26(31(23)25)34-33(43)35-32-29(51-34)11-7-12-30-28(5-2)50-18-20-54(30)36(32)53-37(52-35)56-22-39-16-8-19-55(39)24(15-17-39)21-57-38(3,40(44,45)46)41(47,48)49/h1,6,9-10,13-14,24,28,30,50H,5,7-8,11-12,15-22H2,2-3H3/t24-,28-,30+,39-/m0/s1. The van der Waals surface area contributed by atoms with E-state index in [9.17, 15) is 26.3 Å². The lowest BCUT2D eigenvalue weighted by atomic mass is 9.91. The molecular formula is C41H42F8N6O2. The molecule has 4 aromatic rings. The van der Waals surface area contributed by atoms with Crippen LogP contribution in [0.15, 0.2) is 30.3 Å². The van der Waals surface area contributed by atoms with Crippen LogP contribution in [0.5, 0.6) is 6.01 Å². The number of alkyl halides is 6. The Balaban J connectivity index is 1.19. The maximum absolute atomic E-state index is 17.3. The van der Waals surface area contributed by atoms with E-state index in [0.29, 0.717) is 78.6 Å². The molecule has 0 amide bonds. The Morgan fingerprint density at radius 2 is 1.75 bits per heavy atom. The SMILES string of the molecule is C#Cc1c(F)ccc2cccc(-c3nc4c5c(nc(OC[C@@]67CCCN6[C@H](COC(C)(C(F)(F)F)C(F)(F)F)CC7)nc5c3F)N3CCN[C@@H](CC)[C@H]3CCC4)c12. The Morgan fingerprint density at radius 3 is 2.49 bits per heavy atom. The van der Waals surface area contributed by atoms with E-state index in [4.69, 9.17) is 25.9 Å². The monoisotopic (exact) mass is 802 g/mol. The summed E-state index contributed by atoms with van der Waals surface area (Å²) in [7, 11) is 0. The van der Waals surface area contributed by atoms with Gasteiger partial charge in [-0.25, -0.2) is 13.8 Å². The average Bonchev–Trinajstić information content (AvgIpc) is 3.74. The summed E-state index contributed by atoms with van der Waals surface area (Å²) >= 11 is 0. The Labute approximate surface area is 324 Å². The molecule has 2 aromatic heterocycles. The van der Waals surface area contributed by atoms with E-state index in [1.807, 2.05) is 4.90 Å². The third kappa shape index (κ3) is 6.53. The molecule has 4 atom stereocenters. The fourth-order valence-electron chi connectivity index (χ4n) is 9.51. The largest absolute Gasteiger partial charge is 0.461 e. The van der Waals surface area contributed by atoms with Gasteiger partial charge in [0.2, 0.25) is 0 Å². The predicted octanol–water partition coefficient (Wildman–Crippen LogP) is 8.27. The molecule has 8 rings (SSSR count). The van der Waals surface area contributed by atoms with Gasteiger partial charge in [-0.3, -0.25) is 4.90 Å². The summed E-state index contributed by atoms with van der Waals surface area (Å²) in [4.78, 5) is 18.5. The molecule has 3 saturated heterocycles. The van der Waals surface area contributed by atoms with Crippen LogP contribution in [0.4, 0.5) is 40.9 Å². The van der Waals surface area contributed by atoms with Crippen LogP contribution in [0.3, 0.4) is 0 Å². The molecule has 0 radical (unpaired) electrons. The Kier molecular flexibility index (Phi) is 10.0. The van der Waals surface area contributed by atoms with Crippen molar-refractivity contribution in [3.63, 3.8) is 0 Å². The maximum atomic E-state index is 17.3. The van der Waals surface area contributed by atoms with Gasteiger partial charge in [0.25, 0.3) is 5.60 Å². The van der Waals surface area contributed by atoms with Crippen molar-refractivity contribution in [2.24, 2.45) is 0 Å². The van der Waals surface area contributed by atoms with Gasteiger partial charge in [0, 0.05) is 42.2 Å². The van der Waals surface area contributed by atoms with Gasteiger partial charge in [-0.05, 0) is 76.3 Å². The lowest BCUT2D eigenvalue weighted by Gasteiger charge is -2.44. The molecule has 57 heavy (non-hydrogen) atoms. The van der Waals surface area contributed by atoms with Crippen LogP contribution in [-0.2, 0) is 11.2 Å². The van der Waals surface area contributed by atoms with E-state index in [1.165, 1.54) is 6.07 Å². The fourth-order valence-corrected chi connectivity index (χ4v) is 9.51. The Hall–Kier alpha value is -4.33. The van der Waals surface area contributed by atoms with Crippen molar-refractivity contribution < 1.29 is 44.6 Å². The zero-order chi connectivity index (χ0) is 40.5. The molecule has 3 fully saturated rings. The van der Waals surface area contributed by atoms with E-state index < -0.39 is 47.8 Å². The van der Waals surface area contributed by atoms with Gasteiger partial charge in [0.1, 0.15) is 29.5 Å².